The predicted octanol–water partition coefficient (Wildman–Crippen LogP) is 3.28. The van der Waals surface area contributed by atoms with Crippen molar-refractivity contribution in [2.45, 2.75) is 59.0 Å². The van der Waals surface area contributed by atoms with Crippen molar-refractivity contribution in [2.24, 2.45) is 17.3 Å². The zero-order valence-corrected chi connectivity index (χ0v) is 12.1. The molecule has 0 bridgehead atoms. The molecule has 0 radical (unpaired) electrons. The Morgan fingerprint density at radius 1 is 1.63 bits per heavy atom. The van der Waals surface area contributed by atoms with Crippen LogP contribution < -0.4 is 0 Å². The highest BCUT2D eigenvalue weighted by Crippen LogP contribution is 2.55. The van der Waals surface area contributed by atoms with Gasteiger partial charge in [-0.15, -0.1) is 0 Å². The predicted molar refractivity (Wildman–Crippen MR) is 73.5 cm³/mol. The van der Waals surface area contributed by atoms with Gasteiger partial charge in [-0.25, -0.2) is 0 Å². The number of allylic oxidation sites excluding steroid dienone is 2. The summed E-state index contributed by atoms with van der Waals surface area (Å²) >= 11 is 0. The minimum Gasteiger partial charge on any atom is -0.462 e. The van der Waals surface area contributed by atoms with Gasteiger partial charge in [0.15, 0.2) is 0 Å². The summed E-state index contributed by atoms with van der Waals surface area (Å²) in [6.07, 6.45) is 8.13. The highest BCUT2D eigenvalue weighted by molar-refractivity contribution is 5.66. The highest BCUT2D eigenvalue weighted by atomic mass is 16.5. The molecule has 2 aliphatic rings. The van der Waals surface area contributed by atoms with Crippen LogP contribution in [-0.2, 0) is 14.3 Å². The van der Waals surface area contributed by atoms with Gasteiger partial charge >= 0.3 is 5.97 Å². The average Bonchev–Trinajstić information content (AvgIpc) is 2.67. The number of esters is 1. The van der Waals surface area contributed by atoms with E-state index in [2.05, 4.69) is 19.9 Å². The molecule has 3 heteroatoms. The van der Waals surface area contributed by atoms with Crippen LogP contribution >= 0.6 is 0 Å². The molecule has 0 N–H and O–H groups in total. The summed E-state index contributed by atoms with van der Waals surface area (Å²) in [5, 5.41) is 0. The molecule has 1 fully saturated rings. The van der Waals surface area contributed by atoms with Gasteiger partial charge in [-0.3, -0.25) is 4.79 Å². The van der Waals surface area contributed by atoms with E-state index in [4.69, 9.17) is 4.74 Å². The smallest absolute Gasteiger partial charge is 0.302 e. The van der Waals surface area contributed by atoms with Gasteiger partial charge in [-0.05, 0) is 37.0 Å². The van der Waals surface area contributed by atoms with Gasteiger partial charge in [0.05, 0.1) is 0 Å². The number of aldehydes is 1. The average molecular weight is 264 g/mol. The third-order valence-electron chi connectivity index (χ3n) is 5.00. The lowest BCUT2D eigenvalue weighted by atomic mass is 9.63. The maximum absolute atomic E-state index is 11.2. The van der Waals surface area contributed by atoms with Crippen molar-refractivity contribution in [2.75, 3.05) is 0 Å². The van der Waals surface area contributed by atoms with Crippen LogP contribution in [0.4, 0.5) is 0 Å². The Bertz CT molecular complexity index is 399. The van der Waals surface area contributed by atoms with Crippen molar-refractivity contribution < 1.29 is 14.3 Å². The maximum Gasteiger partial charge on any atom is 0.302 e. The molecule has 0 unspecified atom stereocenters. The lowest BCUT2D eigenvalue weighted by Gasteiger charge is -2.44. The van der Waals surface area contributed by atoms with E-state index >= 15 is 0 Å². The molecule has 2 aliphatic carbocycles. The summed E-state index contributed by atoms with van der Waals surface area (Å²) in [6.45, 7) is 5.90. The summed E-state index contributed by atoms with van der Waals surface area (Å²) < 4.78 is 5.52. The van der Waals surface area contributed by atoms with Crippen LogP contribution in [0.1, 0.15) is 52.9 Å². The van der Waals surface area contributed by atoms with E-state index in [0.717, 1.165) is 32.0 Å². The number of rotatable bonds is 4. The van der Waals surface area contributed by atoms with Gasteiger partial charge in [0, 0.05) is 19.3 Å². The molecule has 4 atom stereocenters. The number of carbonyl (C=O) groups is 2. The fourth-order valence-electron chi connectivity index (χ4n) is 4.11. The van der Waals surface area contributed by atoms with Crippen molar-refractivity contribution in [1.29, 1.82) is 0 Å². The van der Waals surface area contributed by atoms with Gasteiger partial charge < -0.3 is 9.53 Å². The third kappa shape index (κ3) is 2.60. The molecule has 3 nitrogen and oxygen atoms in total. The largest absolute Gasteiger partial charge is 0.462 e. The fraction of sp³-hybridized carbons (Fsp3) is 0.750. The second-order valence-electron chi connectivity index (χ2n) is 6.26. The molecule has 0 spiro atoms. The second kappa shape index (κ2) is 5.48. The highest BCUT2D eigenvalue weighted by Gasteiger charge is 2.49. The van der Waals surface area contributed by atoms with E-state index in [-0.39, 0.29) is 17.5 Å². The first-order valence-electron chi connectivity index (χ1n) is 7.30. The third-order valence-corrected chi connectivity index (χ3v) is 5.00. The fourth-order valence-corrected chi connectivity index (χ4v) is 4.11. The second-order valence-corrected chi connectivity index (χ2v) is 6.26. The molecule has 19 heavy (non-hydrogen) atoms. The Labute approximate surface area is 115 Å². The molecule has 0 aromatic rings. The summed E-state index contributed by atoms with van der Waals surface area (Å²) in [4.78, 5) is 22.0. The molecule has 0 amide bonds. The number of hydrogen-bond acceptors (Lipinski definition) is 3. The molecule has 2 rings (SSSR count). The van der Waals surface area contributed by atoms with Crippen LogP contribution in [0.5, 0.6) is 0 Å². The van der Waals surface area contributed by atoms with Gasteiger partial charge in [-0.2, -0.15) is 0 Å². The molecular formula is C16H24O3. The van der Waals surface area contributed by atoms with Crippen LogP contribution in [0.2, 0.25) is 0 Å². The number of ether oxygens (including phenoxy) is 1. The summed E-state index contributed by atoms with van der Waals surface area (Å²) in [6, 6.07) is 0. The van der Waals surface area contributed by atoms with E-state index < -0.39 is 0 Å². The molecule has 106 valence electrons. The summed E-state index contributed by atoms with van der Waals surface area (Å²) in [7, 11) is 0. The molecular weight excluding hydrogens is 240 g/mol. The SMILES string of the molecule is CC(=O)O[C@H]1CCC[C@@]2(C)C([C@H](C)CC=O)=CC[C@@H]12. The molecule has 0 saturated heterocycles. The Morgan fingerprint density at radius 3 is 3.00 bits per heavy atom. The van der Waals surface area contributed by atoms with E-state index in [0.29, 0.717) is 18.3 Å². The van der Waals surface area contributed by atoms with Gasteiger partial charge in [0.2, 0.25) is 0 Å². The van der Waals surface area contributed by atoms with Crippen molar-refractivity contribution in [3.8, 4) is 0 Å². The monoisotopic (exact) mass is 264 g/mol. The van der Waals surface area contributed by atoms with E-state index in [1.165, 1.54) is 12.5 Å². The zero-order chi connectivity index (χ0) is 14.0. The zero-order valence-electron chi connectivity index (χ0n) is 12.1. The van der Waals surface area contributed by atoms with Gasteiger partial charge in [0.25, 0.3) is 0 Å². The molecule has 0 aromatic heterocycles. The van der Waals surface area contributed by atoms with E-state index in [1.54, 1.807) is 0 Å². The van der Waals surface area contributed by atoms with Gasteiger partial charge in [-0.1, -0.05) is 25.5 Å². The number of fused-ring (bicyclic) bond motifs is 1. The Kier molecular flexibility index (Phi) is 4.12. The number of hydrogen-bond donors (Lipinski definition) is 0. The Morgan fingerprint density at radius 2 is 2.37 bits per heavy atom. The summed E-state index contributed by atoms with van der Waals surface area (Å²) in [5.41, 5.74) is 1.52. The molecule has 0 aromatic carbocycles. The van der Waals surface area contributed by atoms with Crippen LogP contribution in [0.15, 0.2) is 11.6 Å². The minimum absolute atomic E-state index is 0.0495. The number of carbonyl (C=O) groups excluding carboxylic acids is 2. The first-order chi connectivity index (χ1) is 8.99. The first kappa shape index (κ1) is 14.3. The quantitative estimate of drug-likeness (QED) is 0.444. The molecule has 1 saturated carbocycles. The van der Waals surface area contributed by atoms with Crippen molar-refractivity contribution in [3.63, 3.8) is 0 Å². The Balaban J connectivity index is 2.17. The van der Waals surface area contributed by atoms with E-state index in [9.17, 15) is 9.59 Å². The lowest BCUT2D eigenvalue weighted by Crippen LogP contribution is -2.41. The lowest BCUT2D eigenvalue weighted by molar-refractivity contribution is -0.153. The van der Waals surface area contributed by atoms with Crippen LogP contribution in [0.3, 0.4) is 0 Å². The molecule has 0 aliphatic heterocycles. The van der Waals surface area contributed by atoms with Crippen molar-refractivity contribution in [3.05, 3.63) is 11.6 Å². The first-order valence-corrected chi connectivity index (χ1v) is 7.30. The standard InChI is InChI=1S/C16H24O3/c1-11(8-10-17)13-6-7-14-15(19-12(2)18)5-4-9-16(13,14)3/h6,10-11,14-15H,4-5,7-9H2,1-3H3/t11-,14+,15+,16+/m1/s1. The maximum atomic E-state index is 11.2. The normalized spacial score (nSPS) is 35.2. The Hall–Kier alpha value is -1.12. The minimum atomic E-state index is -0.177. The van der Waals surface area contributed by atoms with Crippen molar-refractivity contribution >= 4 is 12.3 Å². The molecule has 0 heterocycles. The van der Waals surface area contributed by atoms with Crippen LogP contribution in [-0.4, -0.2) is 18.4 Å². The van der Waals surface area contributed by atoms with Crippen molar-refractivity contribution in [1.82, 2.24) is 0 Å². The van der Waals surface area contributed by atoms with Crippen LogP contribution in [0.25, 0.3) is 0 Å². The van der Waals surface area contributed by atoms with Gasteiger partial charge in [0.1, 0.15) is 12.4 Å². The summed E-state index contributed by atoms with van der Waals surface area (Å²) in [5.74, 6) is 0.529. The van der Waals surface area contributed by atoms with Crippen LogP contribution in [0, 0.1) is 17.3 Å². The topological polar surface area (TPSA) is 43.4 Å². The van der Waals surface area contributed by atoms with E-state index in [1.807, 2.05) is 0 Å².